The maximum atomic E-state index is 14.2. The number of nitrogens with one attached hydrogen (secondary N) is 2. The van der Waals surface area contributed by atoms with E-state index in [2.05, 4.69) is 10.9 Å². The van der Waals surface area contributed by atoms with Crippen molar-refractivity contribution in [3.8, 4) is 0 Å². The number of carbonyl (C=O) groups excluding carboxylic acids is 2. The van der Waals surface area contributed by atoms with Gasteiger partial charge in [0.2, 0.25) is 11.8 Å². The van der Waals surface area contributed by atoms with Gasteiger partial charge >= 0.3 is 0 Å². The Bertz CT molecular complexity index is 1040. The van der Waals surface area contributed by atoms with Crippen LogP contribution in [0, 0.1) is 23.7 Å². The van der Waals surface area contributed by atoms with E-state index in [-0.39, 0.29) is 37.0 Å². The molecule has 0 bridgehead atoms. The van der Waals surface area contributed by atoms with Gasteiger partial charge in [0.05, 0.1) is 17.6 Å². The number of hydrazine groups is 1. The molecule has 1 heterocycles. The maximum Gasteiger partial charge on any atom is 0.249 e. The largest absolute Gasteiger partial charge is 0.350 e. The lowest BCUT2D eigenvalue weighted by molar-refractivity contribution is -0.203. The molecule has 2 amide bonds. The predicted octanol–water partition coefficient (Wildman–Crippen LogP) is 2.70. The third-order valence-electron chi connectivity index (χ3n) is 6.89. The molecule has 39 heavy (non-hydrogen) atoms. The fraction of sp³-hybridized carbons (Fsp3) is 0.643. The number of nitrogens with two attached hydrogens (primary N) is 2. The van der Waals surface area contributed by atoms with Crippen LogP contribution in [-0.2, 0) is 29.0 Å². The van der Waals surface area contributed by atoms with Crippen LogP contribution >= 0.6 is 0 Å². The van der Waals surface area contributed by atoms with Crippen LogP contribution in [0.5, 0.6) is 0 Å². The molecule has 0 saturated carbocycles. The Morgan fingerprint density at radius 2 is 1.82 bits per heavy atom. The molecule has 0 aliphatic carbocycles. The molecule has 0 spiro atoms. The summed E-state index contributed by atoms with van der Waals surface area (Å²) in [5.74, 6) is 1.23. The van der Waals surface area contributed by atoms with Gasteiger partial charge < -0.3 is 10.5 Å². The molecule has 2 rings (SSSR count). The number of benzene rings is 1. The van der Waals surface area contributed by atoms with Crippen molar-refractivity contribution < 1.29 is 27.6 Å². The molecular weight excluding hydrogens is 520 g/mol. The second kappa shape index (κ2) is 15.5. The van der Waals surface area contributed by atoms with Gasteiger partial charge in [-0.2, -0.15) is 0 Å². The minimum atomic E-state index is -4.09. The third-order valence-corrected chi connectivity index (χ3v) is 9.38. The molecule has 1 saturated heterocycles. The van der Waals surface area contributed by atoms with Crippen LogP contribution in [0.1, 0.15) is 65.4 Å². The number of rotatable bonds is 15. The molecule has 1 aliphatic rings. The molecule has 2 unspecified atom stereocenters. The van der Waals surface area contributed by atoms with Gasteiger partial charge in [-0.3, -0.25) is 15.0 Å². The summed E-state index contributed by atoms with van der Waals surface area (Å²) in [5.41, 5.74) is 11.2. The van der Waals surface area contributed by atoms with Crippen molar-refractivity contribution in [3.05, 3.63) is 42.0 Å². The lowest BCUT2D eigenvalue weighted by Crippen LogP contribution is -2.59. The quantitative estimate of drug-likeness (QED) is 0.143. The molecule has 4 atom stereocenters. The summed E-state index contributed by atoms with van der Waals surface area (Å²) in [6, 6.07) is 9.20. The highest BCUT2D eigenvalue weighted by Crippen LogP contribution is 2.43. The first kappa shape index (κ1) is 32.9. The molecule has 1 aliphatic heterocycles. The zero-order valence-electron chi connectivity index (χ0n) is 23.6. The van der Waals surface area contributed by atoms with Gasteiger partial charge in [0.25, 0.3) is 0 Å². The number of hydroxylamine groups is 1. The van der Waals surface area contributed by atoms with Crippen molar-refractivity contribution in [1.29, 1.82) is 0 Å². The SMILES string of the molecule is CC(C)C[C@@H](C(=O)NN)[C@@H](C(=O)NOC1CCCCO1)C(/C=C/c1ccccc1)(CC(C)C)S(=O)(=O)CCN. The van der Waals surface area contributed by atoms with E-state index < -0.39 is 44.5 Å². The van der Waals surface area contributed by atoms with Gasteiger partial charge in [-0.15, -0.1) is 0 Å². The Kier molecular flexibility index (Phi) is 13.1. The zero-order valence-corrected chi connectivity index (χ0v) is 24.4. The topological polar surface area (TPSA) is 163 Å². The standard InChI is InChI=1S/C28H46N4O6S/c1-20(2)18-23(26(33)31-30)25(27(34)32-38-24-12-8-9-16-37-24)28(19-21(3)4,39(35,36)17-15-29)14-13-22-10-6-5-7-11-22/h5-7,10-11,13-14,20-21,23-25H,8-9,12,15-19,29-30H2,1-4H3,(H,31,33)(H,32,34)/b14-13+/t23-,24?,25+,28?/m1/s1. The van der Waals surface area contributed by atoms with Gasteiger partial charge in [-0.05, 0) is 43.1 Å². The molecule has 0 radical (unpaired) electrons. The molecule has 220 valence electrons. The summed E-state index contributed by atoms with van der Waals surface area (Å²) >= 11 is 0. The number of carbonyl (C=O) groups is 2. The first-order chi connectivity index (χ1) is 18.5. The van der Waals surface area contributed by atoms with E-state index in [1.54, 1.807) is 12.2 Å². The molecule has 0 aromatic heterocycles. The van der Waals surface area contributed by atoms with Crippen molar-refractivity contribution >= 4 is 27.7 Å². The fourth-order valence-corrected chi connectivity index (χ4v) is 7.46. The van der Waals surface area contributed by atoms with Crippen LogP contribution in [0.4, 0.5) is 0 Å². The molecule has 11 heteroatoms. The van der Waals surface area contributed by atoms with Crippen molar-refractivity contribution in [1.82, 2.24) is 10.9 Å². The summed E-state index contributed by atoms with van der Waals surface area (Å²) in [5, 5.41) is 0. The van der Waals surface area contributed by atoms with E-state index in [0.717, 1.165) is 18.4 Å². The Hall–Kier alpha value is -2.31. The van der Waals surface area contributed by atoms with E-state index in [0.29, 0.717) is 13.0 Å². The molecule has 1 fully saturated rings. The smallest absolute Gasteiger partial charge is 0.249 e. The van der Waals surface area contributed by atoms with Crippen LogP contribution in [0.2, 0.25) is 0 Å². The first-order valence-corrected chi connectivity index (χ1v) is 15.4. The maximum absolute atomic E-state index is 14.2. The second-order valence-electron chi connectivity index (χ2n) is 11.0. The van der Waals surface area contributed by atoms with Crippen LogP contribution in [-0.4, -0.2) is 50.2 Å². The summed E-state index contributed by atoms with van der Waals surface area (Å²) in [6.45, 7) is 7.92. The molecule has 6 N–H and O–H groups in total. The summed E-state index contributed by atoms with van der Waals surface area (Å²) < 4.78 is 32.2. The first-order valence-electron chi connectivity index (χ1n) is 13.7. The van der Waals surface area contributed by atoms with Gasteiger partial charge in [-0.1, -0.05) is 70.2 Å². The van der Waals surface area contributed by atoms with Crippen LogP contribution in [0.3, 0.4) is 0 Å². The van der Waals surface area contributed by atoms with Crippen molar-refractivity contribution in [3.63, 3.8) is 0 Å². The highest BCUT2D eigenvalue weighted by molar-refractivity contribution is 7.93. The Morgan fingerprint density at radius 1 is 1.13 bits per heavy atom. The van der Waals surface area contributed by atoms with Gasteiger partial charge in [0.1, 0.15) is 4.75 Å². The van der Waals surface area contributed by atoms with Gasteiger partial charge in [-0.25, -0.2) is 24.6 Å². The lowest BCUT2D eigenvalue weighted by atomic mass is 9.72. The minimum absolute atomic E-state index is 0.0442. The monoisotopic (exact) mass is 566 g/mol. The van der Waals surface area contributed by atoms with Gasteiger partial charge in [0.15, 0.2) is 16.1 Å². The molecule has 1 aromatic rings. The van der Waals surface area contributed by atoms with Crippen molar-refractivity contribution in [2.45, 2.75) is 70.8 Å². The highest BCUT2D eigenvalue weighted by atomic mass is 32.2. The minimum Gasteiger partial charge on any atom is -0.350 e. The van der Waals surface area contributed by atoms with E-state index in [1.165, 1.54) is 0 Å². The number of amides is 2. The van der Waals surface area contributed by atoms with Gasteiger partial charge in [0, 0.05) is 19.6 Å². The van der Waals surface area contributed by atoms with Crippen LogP contribution < -0.4 is 22.5 Å². The normalized spacial score (nSPS) is 19.5. The Labute approximate surface area is 233 Å². The molecule has 10 nitrogen and oxygen atoms in total. The summed E-state index contributed by atoms with van der Waals surface area (Å²) in [6.07, 6.45) is 5.23. The average molecular weight is 567 g/mol. The summed E-state index contributed by atoms with van der Waals surface area (Å²) in [7, 11) is -4.09. The molecule has 1 aromatic carbocycles. The predicted molar refractivity (Wildman–Crippen MR) is 152 cm³/mol. The zero-order chi connectivity index (χ0) is 29.1. The second-order valence-corrected chi connectivity index (χ2v) is 13.4. The molecular formula is C28H46N4O6S. The van der Waals surface area contributed by atoms with Crippen LogP contribution in [0.15, 0.2) is 36.4 Å². The van der Waals surface area contributed by atoms with Crippen molar-refractivity contribution in [2.24, 2.45) is 35.2 Å². The summed E-state index contributed by atoms with van der Waals surface area (Å²) in [4.78, 5) is 32.9. The number of hydrogen-bond acceptors (Lipinski definition) is 8. The number of hydrogen-bond donors (Lipinski definition) is 4. The fourth-order valence-electron chi connectivity index (χ4n) is 5.25. The Balaban J connectivity index is 2.77. The van der Waals surface area contributed by atoms with E-state index in [9.17, 15) is 18.0 Å². The van der Waals surface area contributed by atoms with Crippen molar-refractivity contribution in [2.75, 3.05) is 18.9 Å². The highest BCUT2D eigenvalue weighted by Gasteiger charge is 2.55. The average Bonchev–Trinajstić information content (AvgIpc) is 2.90. The number of ether oxygens (including phenoxy) is 1. The van der Waals surface area contributed by atoms with Crippen LogP contribution in [0.25, 0.3) is 6.08 Å². The number of sulfone groups is 1. The van der Waals surface area contributed by atoms with E-state index in [4.69, 9.17) is 21.2 Å². The van der Waals surface area contributed by atoms with E-state index in [1.807, 2.05) is 58.0 Å². The van der Waals surface area contributed by atoms with E-state index >= 15 is 0 Å². The third kappa shape index (κ3) is 9.11. The Morgan fingerprint density at radius 3 is 2.36 bits per heavy atom. The lowest BCUT2D eigenvalue weighted by Gasteiger charge is -2.42.